The Bertz CT molecular complexity index is 6400. The van der Waals surface area contributed by atoms with E-state index in [0.717, 1.165) is 88.7 Å². The van der Waals surface area contributed by atoms with Gasteiger partial charge in [-0.2, -0.15) is 5.26 Å². The van der Waals surface area contributed by atoms with Crippen molar-refractivity contribution in [1.82, 2.24) is 68.6 Å². The maximum atomic E-state index is 13.0. The molecule has 16 aromatic rings. The van der Waals surface area contributed by atoms with Crippen LogP contribution in [0.3, 0.4) is 0 Å². The number of para-hydroxylation sites is 11. The van der Waals surface area contributed by atoms with Gasteiger partial charge in [0.25, 0.3) is 0 Å². The molecule has 4 amide bonds. The number of anilines is 5. The van der Waals surface area contributed by atoms with E-state index in [0.29, 0.717) is 109 Å². The Kier molecular flexibility index (Phi) is 37.9. The van der Waals surface area contributed by atoms with Crippen LogP contribution < -0.4 is 47.3 Å². The lowest BCUT2D eigenvalue weighted by molar-refractivity contribution is -0.145. The number of nitrogens with one attached hydrogen (secondary N) is 8. The fourth-order valence-electron chi connectivity index (χ4n) is 14.0. The average molecular weight is 1810 g/mol. The third-order valence-corrected chi connectivity index (χ3v) is 20.7. The number of aromatic nitrogens is 10. The molecule has 16 rings (SSSR count). The molecule has 5 aromatic heterocycles. The number of fused-ring (bicyclic) bond motifs is 5. The predicted octanol–water partition coefficient (Wildman–Crippen LogP) is 13.7. The molecule has 0 saturated carbocycles. The zero-order valence-corrected chi connectivity index (χ0v) is 75.3. The maximum Gasteiger partial charge on any atom is 0.326 e. The van der Waals surface area contributed by atoms with Gasteiger partial charge in [0.05, 0.1) is 94.7 Å². The quantitative estimate of drug-likeness (QED) is 0.0100. The third-order valence-electron chi connectivity index (χ3n) is 20.7. The number of benzene rings is 11. The molecule has 0 unspecified atom stereocenters. The summed E-state index contributed by atoms with van der Waals surface area (Å²) in [5, 5.41) is 33.2. The Morgan fingerprint density at radius 3 is 0.933 bits per heavy atom. The SMILES string of the molecule is COC(=O)CNC(=O)Cn1c(NCc2ccccc2)nc2ccccc21.COCCN(CCOC)C(=O)Cn1c(NCc2ccccc2)nc2ccccc21.COCCOC(=O)Cn1c(NCc2ccccc2)nc2ccccc21.N#CCNC(=O)Cn1c(NCc2ccccc2)nc2ccccc21.O=C(Cn1c(NCc2ccccc2)nc2ccccc21)NCCOc1ccccc1. The zero-order chi connectivity index (χ0) is 93.7. The molecule has 11 aromatic carbocycles. The van der Waals surface area contributed by atoms with Gasteiger partial charge in [0.2, 0.25) is 53.4 Å². The molecule has 0 fully saturated rings. The van der Waals surface area contributed by atoms with Crippen LogP contribution in [0, 0.1) is 11.3 Å². The molecule has 0 aliphatic heterocycles. The molecule has 8 N–H and O–H groups in total. The van der Waals surface area contributed by atoms with E-state index < -0.39 is 5.97 Å². The number of esters is 2. The van der Waals surface area contributed by atoms with Crippen LogP contribution in [-0.4, -0.2) is 182 Å². The number of nitrogens with zero attached hydrogens (tertiary/aromatic N) is 12. The smallest absolute Gasteiger partial charge is 0.326 e. The maximum absolute atomic E-state index is 13.0. The van der Waals surface area contributed by atoms with Gasteiger partial charge in [-0.1, -0.05) is 231 Å². The molecule has 0 saturated heterocycles. The zero-order valence-electron chi connectivity index (χ0n) is 75.3. The minimum atomic E-state index is -0.490. The van der Waals surface area contributed by atoms with Crippen LogP contribution in [0.25, 0.3) is 55.2 Å². The van der Waals surface area contributed by atoms with Gasteiger partial charge in [0, 0.05) is 67.1 Å². The molecule has 0 radical (unpaired) electrons. The minimum absolute atomic E-state index is 0.00175. The topological polar surface area (TPSA) is 370 Å². The number of hydrogen-bond acceptors (Lipinski definition) is 23. The predicted molar refractivity (Wildman–Crippen MR) is 519 cm³/mol. The average Bonchev–Trinajstić information content (AvgIpc) is 1.65. The Balaban J connectivity index is 0.000000151. The Hall–Kier alpha value is -16.2. The number of imidazole rings is 5. The van der Waals surface area contributed by atoms with Crippen LogP contribution in [0.5, 0.6) is 5.75 Å². The van der Waals surface area contributed by atoms with E-state index in [4.69, 9.17) is 33.9 Å². The van der Waals surface area contributed by atoms with E-state index in [-0.39, 0.29) is 82.0 Å². The Labute approximate surface area is 776 Å². The summed E-state index contributed by atoms with van der Waals surface area (Å²) in [6.07, 6.45) is 0. The van der Waals surface area contributed by atoms with Gasteiger partial charge >= 0.3 is 11.9 Å². The van der Waals surface area contributed by atoms with Crippen molar-refractivity contribution >= 4 is 120 Å². The molecule has 690 valence electrons. The highest BCUT2D eigenvalue weighted by atomic mass is 16.6. The highest BCUT2D eigenvalue weighted by molar-refractivity contribution is 5.88. The van der Waals surface area contributed by atoms with Crippen LogP contribution >= 0.6 is 0 Å². The van der Waals surface area contributed by atoms with Gasteiger partial charge in [0.15, 0.2) is 0 Å². The molecule has 134 heavy (non-hydrogen) atoms. The van der Waals surface area contributed by atoms with Crippen molar-refractivity contribution < 1.29 is 57.2 Å². The normalized spacial score (nSPS) is 10.6. The lowest BCUT2D eigenvalue weighted by atomic mass is 10.2. The van der Waals surface area contributed by atoms with Crippen molar-refractivity contribution in [2.45, 2.75) is 65.4 Å². The van der Waals surface area contributed by atoms with Crippen molar-refractivity contribution in [2.75, 3.05) is 121 Å². The van der Waals surface area contributed by atoms with E-state index in [1.165, 1.54) is 7.11 Å². The summed E-state index contributed by atoms with van der Waals surface area (Å²) in [5.74, 6) is 2.63. The first-order valence-corrected chi connectivity index (χ1v) is 43.7. The summed E-state index contributed by atoms with van der Waals surface area (Å²) in [5.41, 5.74) is 14.3. The van der Waals surface area contributed by atoms with E-state index in [1.807, 2.05) is 303 Å². The van der Waals surface area contributed by atoms with Crippen molar-refractivity contribution in [1.29, 1.82) is 5.26 Å². The number of carbonyl (C=O) groups is 6. The second-order valence-electron chi connectivity index (χ2n) is 30.1. The molecule has 0 aliphatic rings. The number of ether oxygens (including phenoxy) is 6. The van der Waals surface area contributed by atoms with Crippen molar-refractivity contribution in [3.05, 3.63) is 331 Å². The molecule has 5 heterocycles. The van der Waals surface area contributed by atoms with E-state index in [1.54, 1.807) is 30.8 Å². The molecule has 0 bridgehead atoms. The molecule has 32 nitrogen and oxygen atoms in total. The number of amides is 4. The summed E-state index contributed by atoms with van der Waals surface area (Å²) in [6, 6.07) is 100. The molecular weight excluding hydrogens is 1700 g/mol. The van der Waals surface area contributed by atoms with Crippen LogP contribution in [0.4, 0.5) is 29.7 Å². The molecule has 0 aliphatic carbocycles. The minimum Gasteiger partial charge on any atom is -0.492 e. The fourth-order valence-corrected chi connectivity index (χ4v) is 14.0. The fraction of sp³-hybridized carbons (Fsp3) is 0.235. The van der Waals surface area contributed by atoms with Gasteiger partial charge in [-0.25, -0.2) is 24.9 Å². The highest BCUT2D eigenvalue weighted by Gasteiger charge is 2.22. The van der Waals surface area contributed by atoms with Gasteiger partial charge in [-0.05, 0) is 101 Å². The van der Waals surface area contributed by atoms with E-state index >= 15 is 0 Å². The van der Waals surface area contributed by atoms with Crippen LogP contribution in [0.1, 0.15) is 27.8 Å². The monoisotopic (exact) mass is 1810 g/mol. The Morgan fingerprint density at radius 1 is 0.321 bits per heavy atom. The summed E-state index contributed by atoms with van der Waals surface area (Å²) < 4.78 is 39.9. The van der Waals surface area contributed by atoms with E-state index in [9.17, 15) is 28.8 Å². The van der Waals surface area contributed by atoms with Gasteiger partial charge < -0.3 is 94.1 Å². The lowest BCUT2D eigenvalue weighted by Gasteiger charge is -2.23. The van der Waals surface area contributed by atoms with Crippen LogP contribution in [0.2, 0.25) is 0 Å². The third kappa shape index (κ3) is 29.6. The summed E-state index contributed by atoms with van der Waals surface area (Å²) in [6.45, 7) is 7.09. The largest absolute Gasteiger partial charge is 0.492 e. The molecule has 32 heteroatoms. The lowest BCUT2D eigenvalue weighted by Crippen LogP contribution is -2.38. The Morgan fingerprint density at radius 2 is 0.612 bits per heavy atom. The number of carbonyl (C=O) groups excluding carboxylic acids is 6. The van der Waals surface area contributed by atoms with Crippen molar-refractivity contribution in [2.24, 2.45) is 0 Å². The van der Waals surface area contributed by atoms with Crippen molar-refractivity contribution in [3.8, 4) is 11.8 Å². The van der Waals surface area contributed by atoms with Gasteiger partial charge in [-0.15, -0.1) is 0 Å². The first kappa shape index (κ1) is 96.8. The number of methoxy groups -OCH3 is 4. The summed E-state index contributed by atoms with van der Waals surface area (Å²) in [4.78, 5) is 97.9. The number of nitriles is 1. The van der Waals surface area contributed by atoms with Gasteiger partial charge in [-0.3, -0.25) is 33.3 Å². The van der Waals surface area contributed by atoms with Gasteiger partial charge in [0.1, 0.15) is 64.8 Å². The summed E-state index contributed by atoms with van der Waals surface area (Å²) in [7, 11) is 6.12. The second kappa shape index (κ2) is 52.4. The standard InChI is InChI=1S/C24H24N4O2.C22H28N4O3.C19H20N4O3.C19H21N3O3.C18H17N5O/c29-23(25-15-16-30-20-11-5-2-6-12-20)18-28-22-14-8-7-13-21(22)27-24(28)26-17-19-9-3-1-4-10-19;1-28-14-12-25(13-15-29-2)21(27)17-26-20-11-7-6-10-19(20)24-22(26)23-16-18-8-4-3-5-9-18;1-26-18(25)12-20-17(24)13-23-16-10-6-5-9-15(16)22-19(23)21-11-14-7-3-2-4-8-14;1-24-11-12-25-18(23)14-22-17-10-6-5-9-16(17)21-19(22)20-13-15-7-3-2-4-8-15;19-10-11-20-17(24)13-23-16-9-5-4-8-15(16)22-18(23)21-12-14-6-2-1-3-7-14/h1-14H,15-18H2,(H,25,29)(H,26,27);3-11H,12-17H2,1-2H3,(H,23,24);2-10H,11-13H2,1H3,(H,20,24)(H,21,22);2-10H,11-14H2,1H3,(H,20,21);1-9H,11-13H2,(H,20,24)(H,21,22). The first-order valence-electron chi connectivity index (χ1n) is 43.7. The second-order valence-corrected chi connectivity index (χ2v) is 30.1. The number of hydrogen-bond donors (Lipinski definition) is 8. The highest BCUT2D eigenvalue weighted by Crippen LogP contribution is 2.27. The molecular formula is C102H110N20O12. The molecule has 0 atom stereocenters. The first-order chi connectivity index (χ1) is 65.7. The van der Waals surface area contributed by atoms with E-state index in [2.05, 4.69) is 91.5 Å². The van der Waals surface area contributed by atoms with Crippen molar-refractivity contribution in [3.63, 3.8) is 0 Å². The number of rotatable bonds is 41. The van der Waals surface area contributed by atoms with Crippen LogP contribution in [0.15, 0.2) is 303 Å². The molecule has 0 spiro atoms. The summed E-state index contributed by atoms with van der Waals surface area (Å²) >= 11 is 0. The van der Waals surface area contributed by atoms with Crippen LogP contribution in [-0.2, 0) is 118 Å².